The minimum atomic E-state index is -6.00. The number of hydrogen-bond acceptors (Lipinski definition) is 4. The van der Waals surface area contributed by atoms with Crippen LogP contribution in [0.1, 0.15) is 71.3 Å². The van der Waals surface area contributed by atoms with E-state index in [1.165, 1.54) is 36.0 Å². The Morgan fingerprint density at radius 2 is 1.81 bits per heavy atom. The van der Waals surface area contributed by atoms with Crippen molar-refractivity contribution >= 4 is 19.0 Å². The molecular formula is C27H35BF4NO3-. The second kappa shape index (κ2) is 10.2. The minimum Gasteiger partial charge on any atom is -0.435 e. The molecule has 36 heavy (non-hydrogen) atoms. The van der Waals surface area contributed by atoms with Gasteiger partial charge in [0, 0.05) is 18.8 Å². The number of hydrogen-bond donors (Lipinski definition) is 0. The fourth-order valence-corrected chi connectivity index (χ4v) is 7.55. The summed E-state index contributed by atoms with van der Waals surface area (Å²) in [6, 6.07) is 4.29. The van der Waals surface area contributed by atoms with Gasteiger partial charge in [0.2, 0.25) is 0 Å². The predicted molar refractivity (Wildman–Crippen MR) is 131 cm³/mol. The summed E-state index contributed by atoms with van der Waals surface area (Å²) in [5.41, 5.74) is 4.86. The first-order valence-corrected chi connectivity index (χ1v) is 13.0. The normalized spacial score (nSPS) is 35.1. The van der Waals surface area contributed by atoms with E-state index in [2.05, 4.69) is 43.1 Å². The summed E-state index contributed by atoms with van der Waals surface area (Å²) in [6.45, 7) is 7.18. The standard InChI is InChI=1S/C27H35NO3.BF4/c1-4-30-25(29)31-20-11-13-26(2)19(16-20)7-8-21-23-10-9-22(18-6-5-15-28-17-18)27(23,3)14-12-24(21)26;2-1(3,4)5/h5-7,9,15,17,20-21,23-24H,4,8,10-14,16H2,1-3H3;/q;-1/t20?,21?,23?,24?,26-,27+;/m0./s1. The zero-order valence-corrected chi connectivity index (χ0v) is 21.2. The summed E-state index contributed by atoms with van der Waals surface area (Å²) >= 11 is 0. The van der Waals surface area contributed by atoms with Crippen LogP contribution in [0.25, 0.3) is 5.57 Å². The fourth-order valence-electron chi connectivity index (χ4n) is 7.55. The van der Waals surface area contributed by atoms with Crippen molar-refractivity contribution in [1.29, 1.82) is 0 Å². The molecular weight excluding hydrogens is 473 g/mol. The van der Waals surface area contributed by atoms with Crippen LogP contribution in [0, 0.1) is 28.6 Å². The van der Waals surface area contributed by atoms with Crippen LogP contribution < -0.4 is 0 Å². The third-order valence-corrected chi connectivity index (χ3v) is 9.14. The van der Waals surface area contributed by atoms with Crippen molar-refractivity contribution in [2.75, 3.05) is 6.61 Å². The van der Waals surface area contributed by atoms with E-state index in [9.17, 15) is 22.1 Å². The first-order chi connectivity index (χ1) is 17.0. The lowest BCUT2D eigenvalue weighted by atomic mass is 9.47. The van der Waals surface area contributed by atoms with Gasteiger partial charge in [-0.25, -0.2) is 4.79 Å². The van der Waals surface area contributed by atoms with Crippen LogP contribution in [-0.4, -0.2) is 31.1 Å². The third kappa shape index (κ3) is 5.35. The molecule has 6 atom stereocenters. The van der Waals surface area contributed by atoms with Crippen molar-refractivity contribution in [2.45, 2.75) is 71.8 Å². The Labute approximate surface area is 210 Å². The Bertz CT molecular complexity index is 1010. The second-order valence-corrected chi connectivity index (χ2v) is 11.0. The Balaban J connectivity index is 0.000000556. The third-order valence-electron chi connectivity index (χ3n) is 9.14. The number of carbonyl (C=O) groups excluding carboxylic acids is 1. The highest BCUT2D eigenvalue weighted by Crippen LogP contribution is 2.66. The van der Waals surface area contributed by atoms with Gasteiger partial charge in [-0.1, -0.05) is 37.6 Å². The lowest BCUT2D eigenvalue weighted by molar-refractivity contribution is -0.0353. The molecule has 0 aliphatic heterocycles. The van der Waals surface area contributed by atoms with Gasteiger partial charge >= 0.3 is 13.4 Å². The number of nitrogens with zero attached hydrogens (tertiary/aromatic N) is 1. The number of aromatic nitrogens is 1. The van der Waals surface area contributed by atoms with Crippen LogP contribution in [0.4, 0.5) is 22.1 Å². The van der Waals surface area contributed by atoms with E-state index < -0.39 is 13.4 Å². The molecule has 0 N–H and O–H groups in total. The van der Waals surface area contributed by atoms with Crippen molar-refractivity contribution < 1.29 is 31.5 Å². The van der Waals surface area contributed by atoms with E-state index in [0.717, 1.165) is 37.5 Å². The Morgan fingerprint density at radius 3 is 2.47 bits per heavy atom. The molecule has 5 rings (SSSR count). The van der Waals surface area contributed by atoms with Gasteiger partial charge in [-0.2, -0.15) is 0 Å². The molecule has 0 radical (unpaired) electrons. The Morgan fingerprint density at radius 1 is 1.08 bits per heavy atom. The van der Waals surface area contributed by atoms with E-state index in [-0.39, 0.29) is 16.9 Å². The molecule has 0 aromatic carbocycles. The molecule has 1 heterocycles. The largest absolute Gasteiger partial charge is 0.673 e. The van der Waals surface area contributed by atoms with Gasteiger partial charge in [-0.3, -0.25) is 4.98 Å². The highest BCUT2D eigenvalue weighted by molar-refractivity contribution is 6.50. The average molecular weight is 508 g/mol. The number of halogens is 4. The van der Waals surface area contributed by atoms with Crippen LogP contribution in [0.15, 0.2) is 42.3 Å². The first kappa shape index (κ1) is 26.7. The van der Waals surface area contributed by atoms with E-state index in [0.29, 0.717) is 12.5 Å². The van der Waals surface area contributed by atoms with Gasteiger partial charge in [0.15, 0.2) is 0 Å². The lowest BCUT2D eigenvalue weighted by Crippen LogP contribution is -2.50. The second-order valence-electron chi connectivity index (χ2n) is 11.0. The molecule has 198 valence electrons. The van der Waals surface area contributed by atoms with E-state index >= 15 is 0 Å². The summed E-state index contributed by atoms with van der Waals surface area (Å²) in [7, 11) is -6.00. The maximum absolute atomic E-state index is 11.8. The molecule has 0 spiro atoms. The molecule has 0 saturated heterocycles. The molecule has 2 saturated carbocycles. The summed E-state index contributed by atoms with van der Waals surface area (Å²) in [6.07, 6.45) is 16.2. The van der Waals surface area contributed by atoms with Gasteiger partial charge in [0.25, 0.3) is 0 Å². The zero-order chi connectivity index (χ0) is 26.1. The molecule has 0 amide bonds. The van der Waals surface area contributed by atoms with E-state index in [1.807, 2.05) is 19.3 Å². The van der Waals surface area contributed by atoms with Gasteiger partial charge < -0.3 is 26.7 Å². The smallest absolute Gasteiger partial charge is 0.435 e. The fraction of sp³-hybridized carbons (Fsp3) is 0.630. The molecule has 1 aromatic heterocycles. The Hall–Kier alpha value is -2.32. The zero-order valence-electron chi connectivity index (χ0n) is 21.2. The van der Waals surface area contributed by atoms with Gasteiger partial charge in [0.05, 0.1) is 6.61 Å². The molecule has 0 bridgehead atoms. The van der Waals surface area contributed by atoms with Gasteiger partial charge in [-0.15, -0.1) is 0 Å². The summed E-state index contributed by atoms with van der Waals surface area (Å²) in [5.74, 6) is 2.18. The van der Waals surface area contributed by atoms with Crippen LogP contribution in [0.3, 0.4) is 0 Å². The van der Waals surface area contributed by atoms with E-state index in [4.69, 9.17) is 9.47 Å². The van der Waals surface area contributed by atoms with Crippen molar-refractivity contribution in [3.8, 4) is 0 Å². The molecule has 4 unspecified atom stereocenters. The summed E-state index contributed by atoms with van der Waals surface area (Å²) < 4.78 is 49.6. The molecule has 4 nitrogen and oxygen atoms in total. The number of pyridine rings is 1. The highest BCUT2D eigenvalue weighted by Gasteiger charge is 2.57. The number of ether oxygens (including phenoxy) is 2. The molecule has 2 fully saturated rings. The van der Waals surface area contributed by atoms with Crippen molar-refractivity contribution in [2.24, 2.45) is 28.6 Å². The highest BCUT2D eigenvalue weighted by atomic mass is 19.5. The number of fused-ring (bicyclic) bond motifs is 5. The lowest BCUT2D eigenvalue weighted by Gasteiger charge is -2.57. The summed E-state index contributed by atoms with van der Waals surface area (Å²) in [5, 5.41) is 0. The van der Waals surface area contributed by atoms with Crippen molar-refractivity contribution in [1.82, 2.24) is 4.98 Å². The molecule has 1 aromatic rings. The minimum absolute atomic E-state index is 0.0332. The van der Waals surface area contributed by atoms with E-state index in [1.54, 1.807) is 0 Å². The van der Waals surface area contributed by atoms with Crippen molar-refractivity contribution in [3.05, 3.63) is 47.8 Å². The topological polar surface area (TPSA) is 48.4 Å². The predicted octanol–water partition coefficient (Wildman–Crippen LogP) is 7.88. The maximum Gasteiger partial charge on any atom is 0.673 e. The Kier molecular flexibility index (Phi) is 7.59. The van der Waals surface area contributed by atoms with Crippen LogP contribution >= 0.6 is 0 Å². The van der Waals surface area contributed by atoms with Crippen molar-refractivity contribution in [3.63, 3.8) is 0 Å². The number of carbonyl (C=O) groups is 1. The monoisotopic (exact) mass is 508 g/mol. The first-order valence-electron chi connectivity index (χ1n) is 13.0. The van der Waals surface area contributed by atoms with Gasteiger partial charge in [-0.05, 0) is 91.2 Å². The SMILES string of the molecule is CCOC(=O)OC1CC[C@@]2(C)C(=CCC3C2CC[C@]2(C)C(c4cccnc4)=CCC32)C1.F[B-](F)(F)F. The van der Waals surface area contributed by atoms with Crippen LogP contribution in [-0.2, 0) is 9.47 Å². The van der Waals surface area contributed by atoms with Crippen LogP contribution in [0.5, 0.6) is 0 Å². The maximum atomic E-state index is 11.8. The molecule has 4 aliphatic rings. The molecule has 9 heteroatoms. The quantitative estimate of drug-likeness (QED) is 0.180. The van der Waals surface area contributed by atoms with Gasteiger partial charge in [0.1, 0.15) is 6.10 Å². The number of allylic oxidation sites excluding steroid dienone is 3. The van der Waals surface area contributed by atoms with Crippen LogP contribution in [0.2, 0.25) is 0 Å². The average Bonchev–Trinajstić information content (AvgIpc) is 3.16. The summed E-state index contributed by atoms with van der Waals surface area (Å²) in [4.78, 5) is 16.2. The number of rotatable bonds is 3. The molecule has 4 aliphatic carbocycles.